The van der Waals surface area contributed by atoms with E-state index in [4.69, 9.17) is 0 Å². The van der Waals surface area contributed by atoms with Crippen molar-refractivity contribution in [1.82, 2.24) is 19.7 Å². The van der Waals surface area contributed by atoms with Crippen molar-refractivity contribution in [3.8, 4) is 0 Å². The highest BCUT2D eigenvalue weighted by atomic mass is 15.3. The first-order valence-corrected chi connectivity index (χ1v) is 7.79. The molecule has 21 heavy (non-hydrogen) atoms. The van der Waals surface area contributed by atoms with Crippen LogP contribution in [0.25, 0.3) is 11.0 Å². The fourth-order valence-electron chi connectivity index (χ4n) is 3.30. The number of rotatable bonds is 3. The van der Waals surface area contributed by atoms with Gasteiger partial charge in [-0.2, -0.15) is 5.10 Å². The van der Waals surface area contributed by atoms with Gasteiger partial charge in [0.1, 0.15) is 0 Å². The molecule has 3 rings (SSSR count). The Bertz CT molecular complexity index is 625. The molecule has 1 saturated heterocycles. The predicted molar refractivity (Wildman–Crippen MR) is 86.6 cm³/mol. The summed E-state index contributed by atoms with van der Waals surface area (Å²) in [5, 5.41) is 9.20. The van der Waals surface area contributed by atoms with E-state index in [0.717, 1.165) is 28.3 Å². The van der Waals surface area contributed by atoms with Gasteiger partial charge >= 0.3 is 0 Å². The maximum Gasteiger partial charge on any atom is 0.157 e. The molecule has 5 heteroatoms. The molecule has 1 aliphatic heterocycles. The largest absolute Gasteiger partial charge is 0.381 e. The second-order valence-corrected chi connectivity index (χ2v) is 6.38. The summed E-state index contributed by atoms with van der Waals surface area (Å²) >= 11 is 0. The summed E-state index contributed by atoms with van der Waals surface area (Å²) in [4.78, 5) is 6.95. The summed E-state index contributed by atoms with van der Waals surface area (Å²) in [5.74, 6) is 0.742. The molecule has 2 aromatic rings. The zero-order valence-electron chi connectivity index (χ0n) is 13.4. The monoisotopic (exact) mass is 287 g/mol. The molecule has 1 atom stereocenters. The van der Waals surface area contributed by atoms with Crippen LogP contribution in [-0.2, 0) is 7.05 Å². The average Bonchev–Trinajstić information content (AvgIpc) is 2.74. The molecule has 0 saturated carbocycles. The SMILES string of the molecule is Cc1nn(C)c2ncc(NC(C)C3CCN(C)CC3)cc12. The van der Waals surface area contributed by atoms with Crippen LogP contribution in [0.1, 0.15) is 25.5 Å². The lowest BCUT2D eigenvalue weighted by atomic mass is 9.90. The van der Waals surface area contributed by atoms with E-state index >= 15 is 0 Å². The lowest BCUT2D eigenvalue weighted by Gasteiger charge is -2.33. The van der Waals surface area contributed by atoms with Crippen LogP contribution in [0, 0.1) is 12.8 Å². The minimum atomic E-state index is 0.481. The number of fused-ring (bicyclic) bond motifs is 1. The van der Waals surface area contributed by atoms with E-state index in [1.165, 1.54) is 25.9 Å². The summed E-state index contributed by atoms with van der Waals surface area (Å²) < 4.78 is 1.84. The van der Waals surface area contributed by atoms with E-state index < -0.39 is 0 Å². The molecular formula is C16H25N5. The van der Waals surface area contributed by atoms with Gasteiger partial charge in [-0.15, -0.1) is 0 Å². The first kappa shape index (κ1) is 14.3. The Morgan fingerprint density at radius 2 is 2.00 bits per heavy atom. The van der Waals surface area contributed by atoms with Crippen LogP contribution < -0.4 is 5.32 Å². The van der Waals surface area contributed by atoms with E-state index in [1.807, 2.05) is 24.9 Å². The van der Waals surface area contributed by atoms with Gasteiger partial charge in [0.25, 0.3) is 0 Å². The van der Waals surface area contributed by atoms with E-state index in [2.05, 4.69) is 40.3 Å². The summed E-state index contributed by atoms with van der Waals surface area (Å²) in [5.41, 5.74) is 3.09. The van der Waals surface area contributed by atoms with E-state index in [1.54, 1.807) is 0 Å². The molecule has 0 bridgehead atoms. The molecule has 3 heterocycles. The Kier molecular flexibility index (Phi) is 3.85. The molecule has 1 N–H and O–H groups in total. The van der Waals surface area contributed by atoms with Gasteiger partial charge in [0.15, 0.2) is 5.65 Å². The van der Waals surface area contributed by atoms with Crippen LogP contribution in [0.15, 0.2) is 12.3 Å². The molecule has 1 unspecified atom stereocenters. The molecule has 0 aromatic carbocycles. The lowest BCUT2D eigenvalue weighted by Crippen LogP contribution is -2.37. The predicted octanol–water partition coefficient (Wildman–Crippen LogP) is 2.42. The summed E-state index contributed by atoms with van der Waals surface area (Å²) in [6, 6.07) is 2.66. The topological polar surface area (TPSA) is 46.0 Å². The molecule has 114 valence electrons. The number of aryl methyl sites for hydroxylation is 2. The van der Waals surface area contributed by atoms with Gasteiger partial charge in [-0.05, 0) is 58.8 Å². The minimum absolute atomic E-state index is 0.481. The van der Waals surface area contributed by atoms with Crippen LogP contribution in [0.4, 0.5) is 5.69 Å². The number of nitrogens with one attached hydrogen (secondary N) is 1. The standard InChI is InChI=1S/C16H25N5/c1-11(13-5-7-20(3)8-6-13)18-14-9-15-12(2)19-21(4)16(15)17-10-14/h9-11,13,18H,5-8H2,1-4H3. The zero-order valence-corrected chi connectivity index (χ0v) is 13.4. The zero-order chi connectivity index (χ0) is 15.0. The van der Waals surface area contributed by atoms with Gasteiger partial charge in [0.2, 0.25) is 0 Å². The van der Waals surface area contributed by atoms with Crippen LogP contribution in [-0.4, -0.2) is 45.8 Å². The van der Waals surface area contributed by atoms with Crippen LogP contribution in [0.2, 0.25) is 0 Å². The van der Waals surface area contributed by atoms with E-state index in [9.17, 15) is 0 Å². The van der Waals surface area contributed by atoms with Crippen LogP contribution in [0.3, 0.4) is 0 Å². The van der Waals surface area contributed by atoms with Crippen molar-refractivity contribution < 1.29 is 0 Å². The fraction of sp³-hybridized carbons (Fsp3) is 0.625. The van der Waals surface area contributed by atoms with Gasteiger partial charge in [-0.1, -0.05) is 0 Å². The van der Waals surface area contributed by atoms with Crippen molar-refractivity contribution in [2.75, 3.05) is 25.5 Å². The number of nitrogens with zero attached hydrogens (tertiary/aromatic N) is 4. The first-order chi connectivity index (χ1) is 10.0. The van der Waals surface area contributed by atoms with E-state index in [-0.39, 0.29) is 0 Å². The van der Waals surface area contributed by atoms with Crippen molar-refractivity contribution >= 4 is 16.7 Å². The molecule has 2 aromatic heterocycles. The van der Waals surface area contributed by atoms with Gasteiger partial charge in [0, 0.05) is 18.5 Å². The number of hydrogen-bond donors (Lipinski definition) is 1. The molecule has 1 aliphatic rings. The van der Waals surface area contributed by atoms with Crippen molar-refractivity contribution in [3.63, 3.8) is 0 Å². The number of hydrogen-bond acceptors (Lipinski definition) is 4. The Morgan fingerprint density at radius 3 is 2.71 bits per heavy atom. The van der Waals surface area contributed by atoms with Crippen LogP contribution in [0.5, 0.6) is 0 Å². The number of piperidine rings is 1. The second-order valence-electron chi connectivity index (χ2n) is 6.38. The second kappa shape index (κ2) is 5.64. The lowest BCUT2D eigenvalue weighted by molar-refractivity contribution is 0.208. The van der Waals surface area contributed by atoms with Crippen molar-refractivity contribution in [2.24, 2.45) is 13.0 Å². The highest BCUT2D eigenvalue weighted by Gasteiger charge is 2.22. The molecule has 0 aliphatic carbocycles. The van der Waals surface area contributed by atoms with Gasteiger partial charge in [0.05, 0.1) is 17.6 Å². The van der Waals surface area contributed by atoms with Crippen molar-refractivity contribution in [1.29, 1.82) is 0 Å². The Morgan fingerprint density at radius 1 is 1.29 bits per heavy atom. The highest BCUT2D eigenvalue weighted by molar-refractivity contribution is 5.81. The maximum atomic E-state index is 4.54. The number of pyridine rings is 1. The maximum absolute atomic E-state index is 4.54. The highest BCUT2D eigenvalue weighted by Crippen LogP contribution is 2.24. The Labute approximate surface area is 126 Å². The Hall–Kier alpha value is -1.62. The molecule has 0 radical (unpaired) electrons. The minimum Gasteiger partial charge on any atom is -0.381 e. The van der Waals surface area contributed by atoms with Gasteiger partial charge in [-0.25, -0.2) is 4.98 Å². The summed E-state index contributed by atoms with van der Waals surface area (Å²) in [6.45, 7) is 6.73. The molecular weight excluding hydrogens is 262 g/mol. The third-order valence-electron chi connectivity index (χ3n) is 4.73. The van der Waals surface area contributed by atoms with Gasteiger partial charge < -0.3 is 10.2 Å². The third-order valence-corrected chi connectivity index (χ3v) is 4.73. The summed E-state index contributed by atoms with van der Waals surface area (Å²) in [7, 11) is 4.15. The number of anilines is 1. The Balaban J connectivity index is 1.74. The van der Waals surface area contributed by atoms with Crippen molar-refractivity contribution in [3.05, 3.63) is 18.0 Å². The molecule has 5 nitrogen and oxygen atoms in total. The van der Waals surface area contributed by atoms with Crippen LogP contribution >= 0.6 is 0 Å². The van der Waals surface area contributed by atoms with Crippen molar-refractivity contribution in [2.45, 2.75) is 32.7 Å². The normalized spacial score (nSPS) is 19.0. The molecule has 1 fully saturated rings. The third kappa shape index (κ3) is 2.88. The number of likely N-dealkylation sites (tertiary alicyclic amines) is 1. The first-order valence-electron chi connectivity index (χ1n) is 7.79. The molecule has 0 spiro atoms. The smallest absolute Gasteiger partial charge is 0.157 e. The summed E-state index contributed by atoms with van der Waals surface area (Å²) in [6.07, 6.45) is 4.47. The molecule has 0 amide bonds. The quantitative estimate of drug-likeness (QED) is 0.942. The fourth-order valence-corrected chi connectivity index (χ4v) is 3.30. The average molecular weight is 287 g/mol. The number of aromatic nitrogens is 3. The van der Waals surface area contributed by atoms with E-state index in [0.29, 0.717) is 6.04 Å². The van der Waals surface area contributed by atoms with Gasteiger partial charge in [-0.3, -0.25) is 4.68 Å².